The molecule has 1 fully saturated rings. The first kappa shape index (κ1) is 10.9. The summed E-state index contributed by atoms with van der Waals surface area (Å²) in [6.07, 6.45) is -0.799. The van der Waals surface area contributed by atoms with E-state index in [-0.39, 0.29) is 12.2 Å². The molecule has 0 radical (unpaired) electrons. The summed E-state index contributed by atoms with van der Waals surface area (Å²) in [5.41, 5.74) is 0. The fourth-order valence-corrected chi connectivity index (χ4v) is 1.88. The molecule has 1 unspecified atom stereocenters. The largest absolute Gasteiger partial charge is 0.531 e. The third-order valence-electron chi connectivity index (χ3n) is 2.14. The van der Waals surface area contributed by atoms with Gasteiger partial charge in [-0.3, -0.25) is 0 Å². The lowest BCUT2D eigenvalue weighted by atomic mass is 9.90. The van der Waals surface area contributed by atoms with Crippen LogP contribution in [0.2, 0.25) is 0 Å². The van der Waals surface area contributed by atoms with Gasteiger partial charge in [0.05, 0.1) is 6.44 Å². The fourth-order valence-electron chi connectivity index (χ4n) is 1.88. The smallest absolute Gasteiger partial charge is 0.445 e. The molecular weight excluding hydrogens is 182 g/mol. The first-order valence-electron chi connectivity index (χ1n) is 4.57. The zero-order valence-corrected chi connectivity index (χ0v) is 7.90. The number of ether oxygens (including phenoxy) is 1. The quantitative estimate of drug-likeness (QED) is 0.618. The van der Waals surface area contributed by atoms with Crippen molar-refractivity contribution in [2.24, 2.45) is 0 Å². The van der Waals surface area contributed by atoms with E-state index in [0.29, 0.717) is 18.0 Å². The summed E-state index contributed by atoms with van der Waals surface area (Å²) in [4.78, 5) is 0.596. The Bertz CT molecular complexity index is 166. The fraction of sp³-hybridized carbons (Fsp3) is 1.00. The molecule has 1 heterocycles. The molecule has 0 aliphatic carbocycles. The van der Waals surface area contributed by atoms with E-state index in [2.05, 4.69) is 0 Å². The minimum Gasteiger partial charge on any atom is -0.445 e. The molecule has 0 bridgehead atoms. The van der Waals surface area contributed by atoms with E-state index in [1.54, 1.807) is 0 Å². The zero-order chi connectivity index (χ0) is 10.1. The second kappa shape index (κ2) is 3.88. The lowest BCUT2D eigenvalue weighted by Gasteiger charge is -2.34. The summed E-state index contributed by atoms with van der Waals surface area (Å²) in [5.74, 6) is 0. The Morgan fingerprint density at radius 3 is 2.08 bits per heavy atom. The number of nitrogens with one attached hydrogen (secondary N) is 1. The Morgan fingerprint density at radius 2 is 1.69 bits per heavy atom. The highest BCUT2D eigenvalue weighted by Crippen LogP contribution is 2.05. The van der Waals surface area contributed by atoms with Gasteiger partial charge in [-0.1, -0.05) is 0 Å². The SMILES string of the molecule is C[C@@H]1C[NH+](C[B-](F)(F)F)C[C@H](C)O1. The first-order valence-corrected chi connectivity index (χ1v) is 4.57. The number of hydrogen-bond acceptors (Lipinski definition) is 1. The van der Waals surface area contributed by atoms with Crippen molar-refractivity contribution in [1.82, 2.24) is 0 Å². The van der Waals surface area contributed by atoms with Crippen LogP contribution in [0.4, 0.5) is 12.9 Å². The number of halogens is 3. The van der Waals surface area contributed by atoms with Gasteiger partial charge in [0.2, 0.25) is 0 Å². The van der Waals surface area contributed by atoms with Gasteiger partial charge in [0.15, 0.2) is 0 Å². The van der Waals surface area contributed by atoms with Crippen LogP contribution >= 0.6 is 0 Å². The van der Waals surface area contributed by atoms with Gasteiger partial charge in [-0.05, 0) is 13.8 Å². The molecule has 78 valence electrons. The summed E-state index contributed by atoms with van der Waals surface area (Å²) in [6, 6.07) is 0. The molecule has 1 rings (SSSR count). The third-order valence-corrected chi connectivity index (χ3v) is 2.14. The molecule has 2 nitrogen and oxygen atoms in total. The third kappa shape index (κ3) is 4.00. The summed E-state index contributed by atoms with van der Waals surface area (Å²) in [7, 11) is 0. The molecule has 1 saturated heterocycles. The molecule has 0 aromatic rings. The van der Waals surface area contributed by atoms with Crippen molar-refractivity contribution in [1.29, 1.82) is 0 Å². The standard InChI is InChI=1S/C7H14BF3NO/c1-6-3-12(4-7(2)13-6)5-8(9,10)11/h6-7H,3-5H2,1-2H3/q-1/p+1/t6-,7+. The summed E-state index contributed by atoms with van der Waals surface area (Å²) in [5, 5.41) is 0. The Kier molecular flexibility index (Phi) is 3.24. The predicted octanol–water partition coefficient (Wildman–Crippen LogP) is 0.0651. The molecule has 1 aliphatic rings. The molecule has 0 spiro atoms. The van der Waals surface area contributed by atoms with Gasteiger partial charge in [-0.15, -0.1) is 0 Å². The Morgan fingerprint density at radius 1 is 1.23 bits per heavy atom. The second-order valence-electron chi connectivity index (χ2n) is 3.83. The van der Waals surface area contributed by atoms with Crippen LogP contribution in [-0.2, 0) is 4.74 Å². The van der Waals surface area contributed by atoms with E-state index in [4.69, 9.17) is 4.74 Å². The molecule has 1 N–H and O–H groups in total. The van der Waals surface area contributed by atoms with Crippen molar-refractivity contribution in [3.8, 4) is 0 Å². The van der Waals surface area contributed by atoms with Crippen LogP contribution in [0.3, 0.4) is 0 Å². The van der Waals surface area contributed by atoms with E-state index in [1.807, 2.05) is 13.8 Å². The van der Waals surface area contributed by atoms with E-state index < -0.39 is 13.4 Å². The van der Waals surface area contributed by atoms with Crippen LogP contribution in [0.25, 0.3) is 0 Å². The van der Waals surface area contributed by atoms with Crippen molar-refractivity contribution in [3.05, 3.63) is 0 Å². The lowest BCUT2D eigenvalue weighted by Crippen LogP contribution is -3.17. The first-order chi connectivity index (χ1) is 5.87. The van der Waals surface area contributed by atoms with Gasteiger partial charge < -0.3 is 22.6 Å². The highest BCUT2D eigenvalue weighted by molar-refractivity contribution is 6.58. The van der Waals surface area contributed by atoms with Crippen molar-refractivity contribution in [2.75, 3.05) is 19.5 Å². The Labute approximate surface area is 76.1 Å². The second-order valence-corrected chi connectivity index (χ2v) is 3.83. The molecule has 0 aromatic carbocycles. The number of quaternary nitrogens is 1. The highest BCUT2D eigenvalue weighted by Gasteiger charge is 2.34. The predicted molar refractivity (Wildman–Crippen MR) is 44.7 cm³/mol. The van der Waals surface area contributed by atoms with Gasteiger partial charge in [-0.25, -0.2) is 0 Å². The molecule has 6 heteroatoms. The average molecular weight is 197 g/mol. The van der Waals surface area contributed by atoms with Crippen molar-refractivity contribution >= 4 is 6.98 Å². The van der Waals surface area contributed by atoms with Crippen molar-refractivity contribution in [2.45, 2.75) is 26.1 Å². The maximum Gasteiger partial charge on any atom is 0.531 e. The monoisotopic (exact) mass is 197 g/mol. The summed E-state index contributed by atoms with van der Waals surface area (Å²) in [6.45, 7) is -0.0985. The Hall–Kier alpha value is -0.225. The van der Waals surface area contributed by atoms with Gasteiger partial charge in [0.1, 0.15) is 25.3 Å². The van der Waals surface area contributed by atoms with Crippen LogP contribution in [0.15, 0.2) is 0 Å². The summed E-state index contributed by atoms with van der Waals surface area (Å²) < 4.78 is 41.6. The van der Waals surface area contributed by atoms with E-state index in [9.17, 15) is 12.9 Å². The van der Waals surface area contributed by atoms with Crippen molar-refractivity contribution < 1.29 is 22.6 Å². The normalized spacial score (nSPS) is 36.2. The van der Waals surface area contributed by atoms with Crippen LogP contribution in [0, 0.1) is 0 Å². The highest BCUT2D eigenvalue weighted by atomic mass is 19.4. The van der Waals surface area contributed by atoms with Gasteiger partial charge >= 0.3 is 6.98 Å². The molecular formula is C7H15BF3NO. The molecule has 1 aliphatic heterocycles. The minimum absolute atomic E-state index is 0.0584. The van der Waals surface area contributed by atoms with E-state index in [0.717, 1.165) is 0 Å². The van der Waals surface area contributed by atoms with Crippen LogP contribution < -0.4 is 4.90 Å². The zero-order valence-electron chi connectivity index (χ0n) is 7.90. The number of hydrogen-bond donors (Lipinski definition) is 1. The topological polar surface area (TPSA) is 13.7 Å². The molecule has 0 saturated carbocycles. The molecule has 3 atom stereocenters. The van der Waals surface area contributed by atoms with E-state index in [1.165, 1.54) is 0 Å². The van der Waals surface area contributed by atoms with E-state index >= 15 is 0 Å². The number of morpholine rings is 1. The van der Waals surface area contributed by atoms with Crippen molar-refractivity contribution in [3.63, 3.8) is 0 Å². The van der Waals surface area contributed by atoms with Crippen LogP contribution in [-0.4, -0.2) is 38.7 Å². The van der Waals surface area contributed by atoms with Crippen LogP contribution in [0.1, 0.15) is 13.8 Å². The van der Waals surface area contributed by atoms with Crippen LogP contribution in [0.5, 0.6) is 0 Å². The molecule has 0 amide bonds. The maximum absolute atomic E-state index is 12.1. The lowest BCUT2D eigenvalue weighted by molar-refractivity contribution is -0.907. The molecule has 13 heavy (non-hydrogen) atoms. The average Bonchev–Trinajstić information content (AvgIpc) is 1.78. The maximum atomic E-state index is 12.1. The molecule has 0 aromatic heterocycles. The van der Waals surface area contributed by atoms with Gasteiger partial charge in [0.25, 0.3) is 0 Å². The van der Waals surface area contributed by atoms with Gasteiger partial charge in [0, 0.05) is 0 Å². The Balaban J connectivity index is 2.42. The summed E-state index contributed by atoms with van der Waals surface area (Å²) >= 11 is 0. The minimum atomic E-state index is -4.66. The van der Waals surface area contributed by atoms with Gasteiger partial charge in [-0.2, -0.15) is 0 Å². The number of rotatable bonds is 2.